The van der Waals surface area contributed by atoms with Crippen molar-refractivity contribution < 1.29 is 24.7 Å². The molecule has 3 aromatic rings. The molecular formula is C19H23N4O6+. The first-order valence-electron chi connectivity index (χ1n) is 8.91. The molecule has 1 aromatic carbocycles. The highest BCUT2D eigenvalue weighted by atomic mass is 16.5. The molecule has 10 heteroatoms. The quantitative estimate of drug-likeness (QED) is 0.287. The monoisotopic (exact) mass is 403 g/mol. The first kappa shape index (κ1) is 20.2. The molecule has 0 spiro atoms. The lowest BCUT2D eigenvalue weighted by atomic mass is 9.91. The van der Waals surface area contributed by atoms with Gasteiger partial charge in [-0.3, -0.25) is 14.8 Å². The second-order valence-electron chi connectivity index (χ2n) is 6.59. The van der Waals surface area contributed by atoms with Crippen molar-refractivity contribution in [3.8, 4) is 11.6 Å². The van der Waals surface area contributed by atoms with E-state index in [1.54, 1.807) is 42.7 Å². The van der Waals surface area contributed by atoms with Crippen LogP contribution in [0.25, 0.3) is 0 Å². The van der Waals surface area contributed by atoms with Gasteiger partial charge in [0.25, 0.3) is 5.56 Å². The SMILES string of the molecule is COc1ccc(C(c2c(O)[nH]c(=O)[nH]c2=O)c2n(O)c(C)c(C)[n+]2CCO)cc1. The Labute approximate surface area is 165 Å². The largest absolute Gasteiger partial charge is 0.497 e. The number of aromatic nitrogens is 4. The van der Waals surface area contributed by atoms with Crippen molar-refractivity contribution in [1.29, 1.82) is 0 Å². The van der Waals surface area contributed by atoms with Crippen molar-refractivity contribution in [3.05, 3.63) is 73.4 Å². The Hall–Kier alpha value is -3.53. The Balaban J connectivity index is 2.38. The van der Waals surface area contributed by atoms with Crippen molar-refractivity contribution in [2.75, 3.05) is 13.7 Å². The van der Waals surface area contributed by atoms with Crippen molar-refractivity contribution in [1.82, 2.24) is 14.7 Å². The Morgan fingerprint density at radius 3 is 2.38 bits per heavy atom. The molecule has 10 nitrogen and oxygen atoms in total. The maximum Gasteiger partial charge on any atom is 0.328 e. The van der Waals surface area contributed by atoms with Crippen molar-refractivity contribution in [2.24, 2.45) is 0 Å². The minimum Gasteiger partial charge on any atom is -0.497 e. The van der Waals surface area contributed by atoms with Crippen LogP contribution in [0.2, 0.25) is 0 Å². The number of aliphatic hydroxyl groups excluding tert-OH is 1. The van der Waals surface area contributed by atoms with E-state index in [4.69, 9.17) is 4.74 Å². The molecule has 2 heterocycles. The second kappa shape index (κ2) is 7.84. The van der Waals surface area contributed by atoms with Crippen LogP contribution in [0.15, 0.2) is 33.9 Å². The zero-order valence-electron chi connectivity index (χ0n) is 16.3. The maximum absolute atomic E-state index is 12.6. The summed E-state index contributed by atoms with van der Waals surface area (Å²) in [5.41, 5.74) is -0.0473. The van der Waals surface area contributed by atoms with E-state index in [2.05, 4.69) is 9.97 Å². The summed E-state index contributed by atoms with van der Waals surface area (Å²) < 4.78 is 7.76. The van der Waals surface area contributed by atoms with Gasteiger partial charge in [0, 0.05) is 13.8 Å². The minimum absolute atomic E-state index is 0.144. The van der Waals surface area contributed by atoms with Crippen molar-refractivity contribution in [2.45, 2.75) is 26.3 Å². The number of methoxy groups -OCH3 is 1. The number of aliphatic hydroxyl groups is 1. The highest BCUT2D eigenvalue weighted by Crippen LogP contribution is 2.33. The molecule has 0 fully saturated rings. The van der Waals surface area contributed by atoms with Gasteiger partial charge in [0.2, 0.25) is 5.88 Å². The minimum atomic E-state index is -0.953. The third kappa shape index (κ3) is 3.49. The highest BCUT2D eigenvalue weighted by Gasteiger charge is 2.38. The van der Waals surface area contributed by atoms with Crippen LogP contribution in [-0.4, -0.2) is 43.8 Å². The first-order chi connectivity index (χ1) is 13.8. The molecule has 0 aliphatic rings. The summed E-state index contributed by atoms with van der Waals surface area (Å²) in [7, 11) is 1.52. The molecule has 0 radical (unpaired) electrons. The van der Waals surface area contributed by atoms with Gasteiger partial charge in [-0.05, 0) is 22.4 Å². The third-order valence-electron chi connectivity index (χ3n) is 5.02. The number of nitrogens with one attached hydrogen (secondary N) is 2. The molecule has 1 unspecified atom stereocenters. The van der Waals surface area contributed by atoms with Crippen LogP contribution in [0.1, 0.15) is 34.3 Å². The average molecular weight is 403 g/mol. The summed E-state index contributed by atoms with van der Waals surface area (Å²) in [4.78, 5) is 28.5. The van der Waals surface area contributed by atoms with Gasteiger partial charge < -0.3 is 20.2 Å². The molecule has 2 aromatic heterocycles. The smallest absolute Gasteiger partial charge is 0.328 e. The van der Waals surface area contributed by atoms with Gasteiger partial charge in [0.05, 0.1) is 19.3 Å². The molecule has 0 saturated heterocycles. The Morgan fingerprint density at radius 2 is 1.83 bits per heavy atom. The molecule has 29 heavy (non-hydrogen) atoms. The summed E-state index contributed by atoms with van der Waals surface area (Å²) in [6.45, 7) is 3.41. The van der Waals surface area contributed by atoms with E-state index in [9.17, 15) is 25.0 Å². The lowest BCUT2D eigenvalue weighted by Gasteiger charge is -2.16. The number of rotatable bonds is 6. The molecule has 5 N–H and O–H groups in total. The summed E-state index contributed by atoms with van der Waals surface area (Å²) in [6, 6.07) is 6.74. The maximum atomic E-state index is 12.6. The van der Waals surface area contributed by atoms with E-state index in [1.165, 1.54) is 7.11 Å². The lowest BCUT2D eigenvalue weighted by molar-refractivity contribution is -0.712. The van der Waals surface area contributed by atoms with E-state index in [0.29, 0.717) is 22.7 Å². The van der Waals surface area contributed by atoms with E-state index in [0.717, 1.165) is 4.73 Å². The molecule has 0 bridgehead atoms. The van der Waals surface area contributed by atoms with Crippen LogP contribution in [0.5, 0.6) is 11.6 Å². The van der Waals surface area contributed by atoms with E-state index in [-0.39, 0.29) is 24.5 Å². The average Bonchev–Trinajstić information content (AvgIpc) is 2.89. The van der Waals surface area contributed by atoms with Gasteiger partial charge >= 0.3 is 11.5 Å². The number of H-pyrrole nitrogens is 2. The topological polar surface area (TPSA) is 144 Å². The molecule has 1 atom stereocenters. The summed E-state index contributed by atoms with van der Waals surface area (Å²) >= 11 is 0. The number of aromatic amines is 2. The number of nitrogens with zero attached hydrogens (tertiary/aromatic N) is 2. The third-order valence-corrected chi connectivity index (χ3v) is 5.02. The fourth-order valence-corrected chi connectivity index (χ4v) is 3.46. The zero-order valence-corrected chi connectivity index (χ0v) is 16.3. The van der Waals surface area contributed by atoms with Crippen LogP contribution in [-0.2, 0) is 6.54 Å². The Bertz CT molecular complexity index is 1140. The molecule has 0 aliphatic heterocycles. The van der Waals surface area contributed by atoms with Crippen LogP contribution in [0, 0.1) is 13.8 Å². The van der Waals surface area contributed by atoms with E-state index >= 15 is 0 Å². The normalized spacial score (nSPS) is 12.1. The summed E-state index contributed by atoms with van der Waals surface area (Å²) in [5.74, 6) is -0.730. The molecule has 154 valence electrons. The number of hydrogen-bond acceptors (Lipinski definition) is 6. The fraction of sp³-hybridized carbons (Fsp3) is 0.316. The van der Waals surface area contributed by atoms with Gasteiger partial charge in [0.1, 0.15) is 23.9 Å². The van der Waals surface area contributed by atoms with Gasteiger partial charge in [-0.1, -0.05) is 12.1 Å². The molecule has 3 rings (SSSR count). The zero-order chi connectivity index (χ0) is 21.3. The number of imidazole rings is 1. The predicted molar refractivity (Wildman–Crippen MR) is 102 cm³/mol. The number of ether oxygens (including phenoxy) is 1. The standard InChI is InChI=1S/C19H22N4O6/c1-10-11(2)23(28)18(22(10)8-9-24)14(12-4-6-13(29-3)7-5-12)15-16(25)20-19(27)21-17(15)26/h4-7,14,24H,8-9H2,1-3H3,(H3-,20,21,25,26,27,28)/p+1. The molecule has 0 amide bonds. The number of aromatic hydroxyl groups is 1. The van der Waals surface area contributed by atoms with Gasteiger partial charge in [0.15, 0.2) is 5.69 Å². The predicted octanol–water partition coefficient (Wildman–Crippen LogP) is -0.107. The van der Waals surface area contributed by atoms with E-state index < -0.39 is 23.0 Å². The summed E-state index contributed by atoms with van der Waals surface area (Å²) in [6.07, 6.45) is 0. The van der Waals surface area contributed by atoms with Crippen LogP contribution < -0.4 is 20.6 Å². The Morgan fingerprint density at radius 1 is 1.17 bits per heavy atom. The lowest BCUT2D eigenvalue weighted by Crippen LogP contribution is -2.44. The molecule has 0 saturated carbocycles. The van der Waals surface area contributed by atoms with Crippen LogP contribution >= 0.6 is 0 Å². The number of benzene rings is 1. The van der Waals surface area contributed by atoms with Crippen molar-refractivity contribution in [3.63, 3.8) is 0 Å². The van der Waals surface area contributed by atoms with Crippen LogP contribution in [0.4, 0.5) is 0 Å². The fourth-order valence-electron chi connectivity index (χ4n) is 3.46. The van der Waals surface area contributed by atoms with Gasteiger partial charge in [-0.2, -0.15) is 0 Å². The number of hydrogen-bond donors (Lipinski definition) is 5. The highest BCUT2D eigenvalue weighted by molar-refractivity contribution is 5.42. The molecular weight excluding hydrogens is 380 g/mol. The van der Waals surface area contributed by atoms with E-state index in [1.807, 2.05) is 0 Å². The Kier molecular flexibility index (Phi) is 5.46. The van der Waals surface area contributed by atoms with Crippen molar-refractivity contribution >= 4 is 0 Å². The molecule has 0 aliphatic carbocycles. The first-order valence-corrected chi connectivity index (χ1v) is 8.91. The second-order valence-corrected chi connectivity index (χ2v) is 6.59. The van der Waals surface area contributed by atoms with Crippen LogP contribution in [0.3, 0.4) is 0 Å². The summed E-state index contributed by atoms with van der Waals surface area (Å²) in [5, 5.41) is 30.7. The van der Waals surface area contributed by atoms with Gasteiger partial charge in [-0.15, -0.1) is 0 Å². The van der Waals surface area contributed by atoms with Gasteiger partial charge in [-0.25, -0.2) is 9.36 Å².